The van der Waals surface area contributed by atoms with Gasteiger partial charge in [-0.2, -0.15) is 0 Å². The molecule has 5 atom stereocenters. The zero-order valence-electron chi connectivity index (χ0n) is 61.3. The fourth-order valence-electron chi connectivity index (χ4n) is 11.5. The van der Waals surface area contributed by atoms with Crippen molar-refractivity contribution in [1.82, 2.24) is 0 Å². The molecule has 0 radical (unpaired) electrons. The van der Waals surface area contributed by atoms with Crippen LogP contribution in [0.3, 0.4) is 0 Å². The van der Waals surface area contributed by atoms with Crippen molar-refractivity contribution in [2.75, 3.05) is 39.6 Å². The molecule has 0 spiro atoms. The van der Waals surface area contributed by atoms with Crippen molar-refractivity contribution in [1.29, 1.82) is 0 Å². The van der Waals surface area contributed by atoms with Gasteiger partial charge in [-0.15, -0.1) is 0 Å². The Labute approximate surface area is 575 Å². The normalized spacial score (nSPS) is 14.0. The van der Waals surface area contributed by atoms with E-state index in [0.29, 0.717) is 25.7 Å². The first-order valence-electron chi connectivity index (χ1n) is 39.0. The summed E-state index contributed by atoms with van der Waals surface area (Å²) in [6.45, 7) is 9.58. The fraction of sp³-hybridized carbons (Fsp3) is 0.947. The van der Waals surface area contributed by atoms with E-state index < -0.39 is 97.5 Å². The summed E-state index contributed by atoms with van der Waals surface area (Å²) < 4.78 is 68.5. The van der Waals surface area contributed by atoms with Gasteiger partial charge in [-0.05, 0) is 37.5 Å². The third-order valence-corrected chi connectivity index (χ3v) is 19.4. The van der Waals surface area contributed by atoms with Crippen molar-refractivity contribution < 1.29 is 80.2 Å². The third-order valence-electron chi connectivity index (χ3n) is 17.5. The second-order valence-corrected chi connectivity index (χ2v) is 30.9. The van der Waals surface area contributed by atoms with Gasteiger partial charge in [0.05, 0.1) is 26.4 Å². The highest BCUT2D eigenvalue weighted by molar-refractivity contribution is 7.47. The zero-order chi connectivity index (χ0) is 69.3. The van der Waals surface area contributed by atoms with Gasteiger partial charge in [0, 0.05) is 25.7 Å². The molecule has 0 aromatic rings. The van der Waals surface area contributed by atoms with Crippen LogP contribution in [0, 0.1) is 11.8 Å². The van der Waals surface area contributed by atoms with E-state index in [-0.39, 0.29) is 25.7 Å². The van der Waals surface area contributed by atoms with Gasteiger partial charge in [-0.3, -0.25) is 37.3 Å². The smallest absolute Gasteiger partial charge is 0.462 e. The lowest BCUT2D eigenvalue weighted by atomic mass is 10.0. The second-order valence-electron chi connectivity index (χ2n) is 28.0. The molecule has 17 nitrogen and oxygen atoms in total. The molecule has 19 heteroatoms. The van der Waals surface area contributed by atoms with E-state index in [2.05, 4.69) is 41.5 Å². The van der Waals surface area contributed by atoms with Crippen LogP contribution in [0.4, 0.5) is 0 Å². The highest BCUT2D eigenvalue weighted by Gasteiger charge is 2.30. The van der Waals surface area contributed by atoms with Crippen LogP contribution in [0.2, 0.25) is 0 Å². The number of carbonyl (C=O) groups is 4. The average Bonchev–Trinajstić information content (AvgIpc) is 3.73. The first kappa shape index (κ1) is 92.1. The highest BCUT2D eigenvalue weighted by Crippen LogP contribution is 2.45. The molecular weight excluding hydrogens is 1230 g/mol. The van der Waals surface area contributed by atoms with Crippen molar-refractivity contribution >= 4 is 39.5 Å². The Bertz CT molecular complexity index is 1820. The number of phosphoric acid groups is 2. The SMILES string of the molecule is CCCCCCCCCCCCCCCCCCCC(=O)O[C@H](COC(=O)CCCCCCCCCCCCCC(C)C)COP(=O)(O)OC[C@@H](O)COP(=O)(O)OC[C@@H](COC(=O)CCCCCCCCCCC)OC(=O)CCCCCCCCCCCCCC(C)C. The van der Waals surface area contributed by atoms with Gasteiger partial charge in [0.1, 0.15) is 19.3 Å². The van der Waals surface area contributed by atoms with Crippen LogP contribution in [-0.4, -0.2) is 96.7 Å². The van der Waals surface area contributed by atoms with Gasteiger partial charge in [0.2, 0.25) is 0 Å². The number of esters is 4. The van der Waals surface area contributed by atoms with Gasteiger partial charge in [0.25, 0.3) is 0 Å². The van der Waals surface area contributed by atoms with Gasteiger partial charge >= 0.3 is 39.5 Å². The lowest BCUT2D eigenvalue weighted by Gasteiger charge is -2.21. The summed E-state index contributed by atoms with van der Waals surface area (Å²) in [5.41, 5.74) is 0. The number of aliphatic hydroxyl groups is 1. The summed E-state index contributed by atoms with van der Waals surface area (Å²) in [6.07, 6.45) is 54.0. The van der Waals surface area contributed by atoms with Gasteiger partial charge in [0.15, 0.2) is 12.2 Å². The van der Waals surface area contributed by atoms with Crippen LogP contribution >= 0.6 is 15.6 Å². The molecule has 2 unspecified atom stereocenters. The third kappa shape index (κ3) is 68.6. The molecule has 0 aliphatic heterocycles. The Morgan fingerprint density at radius 1 is 0.287 bits per heavy atom. The maximum Gasteiger partial charge on any atom is 0.472 e. The Morgan fingerprint density at radius 2 is 0.489 bits per heavy atom. The van der Waals surface area contributed by atoms with E-state index >= 15 is 0 Å². The number of phosphoric ester groups is 2. The van der Waals surface area contributed by atoms with Crippen molar-refractivity contribution in [3.05, 3.63) is 0 Å². The molecule has 0 aliphatic rings. The summed E-state index contributed by atoms with van der Waals surface area (Å²) >= 11 is 0. The highest BCUT2D eigenvalue weighted by atomic mass is 31.2. The molecule has 94 heavy (non-hydrogen) atoms. The standard InChI is InChI=1S/C75H146O17P2/c1-7-9-11-13-15-17-18-19-20-21-22-23-28-35-41-47-53-59-74(79)92-71(64-86-73(78)58-52-46-40-34-29-24-26-32-37-43-49-55-67(3)4)66-90-94(83,84)88-62-69(76)61-87-93(81,82)89-65-70(63-85-72(77)57-51-45-39-31-16-14-12-10-8-2)91-75(80)60-54-48-42-36-30-25-27-33-38-44-50-56-68(5)6/h67-71,76H,7-66H2,1-6H3,(H,81,82)(H,83,84)/t69-,70+,71+/m0/s1. The molecule has 0 saturated carbocycles. The topological polar surface area (TPSA) is 237 Å². The van der Waals surface area contributed by atoms with Crippen molar-refractivity contribution in [3.63, 3.8) is 0 Å². The molecule has 0 aromatic carbocycles. The van der Waals surface area contributed by atoms with E-state index in [0.717, 1.165) is 102 Å². The first-order chi connectivity index (χ1) is 45.4. The summed E-state index contributed by atoms with van der Waals surface area (Å²) in [7, 11) is -9.91. The minimum atomic E-state index is -4.96. The molecule has 0 aliphatic carbocycles. The van der Waals surface area contributed by atoms with Crippen LogP contribution in [0.25, 0.3) is 0 Å². The van der Waals surface area contributed by atoms with Gasteiger partial charge < -0.3 is 33.8 Å². The van der Waals surface area contributed by atoms with Crippen LogP contribution < -0.4 is 0 Å². The maximum atomic E-state index is 13.1. The van der Waals surface area contributed by atoms with Crippen LogP contribution in [0.5, 0.6) is 0 Å². The first-order valence-corrected chi connectivity index (χ1v) is 42.0. The van der Waals surface area contributed by atoms with Crippen molar-refractivity contribution in [3.8, 4) is 0 Å². The largest absolute Gasteiger partial charge is 0.472 e. The van der Waals surface area contributed by atoms with E-state index in [9.17, 15) is 43.2 Å². The molecule has 0 rings (SSSR count). The number of carbonyl (C=O) groups excluding carboxylic acids is 4. The summed E-state index contributed by atoms with van der Waals surface area (Å²) in [5.74, 6) is -0.580. The molecule has 0 amide bonds. The number of aliphatic hydroxyl groups excluding tert-OH is 1. The van der Waals surface area contributed by atoms with E-state index in [1.165, 1.54) is 205 Å². The summed E-state index contributed by atoms with van der Waals surface area (Å²) in [4.78, 5) is 72.7. The van der Waals surface area contributed by atoms with Crippen LogP contribution in [0.15, 0.2) is 0 Å². The summed E-state index contributed by atoms with van der Waals surface area (Å²) in [5, 5.41) is 10.6. The summed E-state index contributed by atoms with van der Waals surface area (Å²) in [6, 6.07) is 0. The number of rotatable bonds is 74. The fourth-order valence-corrected chi connectivity index (χ4v) is 13.1. The molecule has 3 N–H and O–H groups in total. The Hall–Kier alpha value is -1.94. The van der Waals surface area contributed by atoms with Crippen molar-refractivity contribution in [2.24, 2.45) is 11.8 Å². The predicted octanol–water partition coefficient (Wildman–Crippen LogP) is 21.9. The second kappa shape index (κ2) is 66.9. The molecule has 0 bridgehead atoms. The lowest BCUT2D eigenvalue weighted by molar-refractivity contribution is -0.161. The molecule has 0 fully saturated rings. The lowest BCUT2D eigenvalue weighted by Crippen LogP contribution is -2.30. The predicted molar refractivity (Wildman–Crippen MR) is 381 cm³/mol. The minimum Gasteiger partial charge on any atom is -0.462 e. The Balaban J connectivity index is 5.24. The molecular formula is C75H146O17P2. The van der Waals surface area contributed by atoms with Gasteiger partial charge in [-0.1, -0.05) is 337 Å². The van der Waals surface area contributed by atoms with Crippen molar-refractivity contribution in [2.45, 2.75) is 407 Å². The number of hydrogen-bond donors (Lipinski definition) is 3. The monoisotopic (exact) mass is 1380 g/mol. The van der Waals surface area contributed by atoms with E-state index in [4.69, 9.17) is 37.0 Å². The average molecular weight is 1380 g/mol. The Kier molecular flexibility index (Phi) is 65.5. The molecule has 0 heterocycles. The number of hydrogen-bond acceptors (Lipinski definition) is 15. The zero-order valence-corrected chi connectivity index (χ0v) is 63.1. The van der Waals surface area contributed by atoms with E-state index in [1.54, 1.807) is 0 Å². The number of ether oxygens (including phenoxy) is 4. The van der Waals surface area contributed by atoms with E-state index in [1.807, 2.05) is 0 Å². The minimum absolute atomic E-state index is 0.106. The van der Waals surface area contributed by atoms with Crippen LogP contribution in [-0.2, 0) is 65.4 Å². The quantitative estimate of drug-likeness (QED) is 0.0222. The van der Waals surface area contributed by atoms with Crippen LogP contribution in [0.1, 0.15) is 388 Å². The molecule has 0 saturated heterocycles. The van der Waals surface area contributed by atoms with Gasteiger partial charge in [-0.25, -0.2) is 9.13 Å². The Morgan fingerprint density at radius 3 is 0.723 bits per heavy atom. The maximum absolute atomic E-state index is 13.1. The number of unbranched alkanes of at least 4 members (excludes halogenated alkanes) is 44. The molecule has 0 aromatic heterocycles. The molecule has 558 valence electrons.